The summed E-state index contributed by atoms with van der Waals surface area (Å²) in [5.74, 6) is -0.477. The lowest BCUT2D eigenvalue weighted by Crippen LogP contribution is -2.30. The molecule has 1 atom stereocenters. The minimum atomic E-state index is -0.579. The Hall–Kier alpha value is -3.96. The molecule has 0 aromatic heterocycles. The van der Waals surface area contributed by atoms with Crippen molar-refractivity contribution in [2.45, 2.75) is 219 Å². The van der Waals surface area contributed by atoms with Gasteiger partial charge >= 0.3 is 11.9 Å². The predicted octanol–water partition coefficient (Wildman–Crippen LogP) is 18.3. The third-order valence-electron chi connectivity index (χ3n) is 10.6. The molecule has 0 aliphatic carbocycles. The lowest BCUT2D eigenvalue weighted by Gasteiger charge is -2.18. The third-order valence-corrected chi connectivity index (χ3v) is 10.6. The molecular formula is C61H98O5. The van der Waals surface area contributed by atoms with Gasteiger partial charge in [0.1, 0.15) is 6.61 Å². The Bertz CT molecular complexity index is 1400. The van der Waals surface area contributed by atoms with Crippen LogP contribution in [-0.4, -0.2) is 37.9 Å². The molecule has 5 heteroatoms. The summed E-state index contributed by atoms with van der Waals surface area (Å²) in [6, 6.07) is 0. The fraction of sp³-hybridized carbons (Fsp3) is 0.607. The first kappa shape index (κ1) is 62.0. The van der Waals surface area contributed by atoms with Gasteiger partial charge in [0, 0.05) is 19.4 Å². The minimum absolute atomic E-state index is 0.0446. The molecule has 0 amide bonds. The van der Waals surface area contributed by atoms with E-state index in [0.29, 0.717) is 19.4 Å². The molecule has 0 rings (SSSR count). The summed E-state index contributed by atoms with van der Waals surface area (Å²) in [4.78, 5) is 25.5. The Morgan fingerprint density at radius 1 is 0.348 bits per heavy atom. The molecule has 0 aromatic rings. The third kappa shape index (κ3) is 52.7. The van der Waals surface area contributed by atoms with Crippen molar-refractivity contribution < 1.29 is 23.8 Å². The maximum atomic E-state index is 12.8. The number of hydrogen-bond acceptors (Lipinski definition) is 5. The molecule has 0 bridgehead atoms. The average Bonchev–Trinajstić information content (AvgIpc) is 3.32. The Balaban J connectivity index is 4.43. The molecule has 0 aromatic carbocycles. The van der Waals surface area contributed by atoms with Gasteiger partial charge in [0.05, 0.1) is 6.61 Å². The van der Waals surface area contributed by atoms with E-state index >= 15 is 0 Å². The molecule has 0 radical (unpaired) electrons. The van der Waals surface area contributed by atoms with Gasteiger partial charge in [-0.25, -0.2) is 0 Å². The minimum Gasteiger partial charge on any atom is -0.462 e. The van der Waals surface area contributed by atoms with Crippen molar-refractivity contribution in [3.8, 4) is 0 Å². The molecule has 372 valence electrons. The lowest BCUT2D eigenvalue weighted by atomic mass is 10.1. The number of carbonyl (C=O) groups is 2. The highest BCUT2D eigenvalue weighted by Gasteiger charge is 2.17. The van der Waals surface area contributed by atoms with E-state index in [1.54, 1.807) is 0 Å². The van der Waals surface area contributed by atoms with Gasteiger partial charge in [-0.05, 0) is 128 Å². The Morgan fingerprint density at radius 2 is 0.682 bits per heavy atom. The number of ether oxygens (including phenoxy) is 3. The van der Waals surface area contributed by atoms with Crippen molar-refractivity contribution in [1.29, 1.82) is 0 Å². The quantitative estimate of drug-likeness (QED) is 0.0346. The molecule has 0 saturated heterocycles. The predicted molar refractivity (Wildman–Crippen MR) is 288 cm³/mol. The van der Waals surface area contributed by atoms with Crippen molar-refractivity contribution in [2.75, 3.05) is 19.8 Å². The van der Waals surface area contributed by atoms with Gasteiger partial charge in [0.2, 0.25) is 0 Å². The van der Waals surface area contributed by atoms with Gasteiger partial charge < -0.3 is 14.2 Å². The van der Waals surface area contributed by atoms with Crippen LogP contribution in [0.2, 0.25) is 0 Å². The zero-order valence-electron chi connectivity index (χ0n) is 42.7. The average molecular weight is 911 g/mol. The highest BCUT2D eigenvalue weighted by molar-refractivity contribution is 5.70. The van der Waals surface area contributed by atoms with Crippen molar-refractivity contribution >= 4 is 11.9 Å². The molecule has 0 aliphatic heterocycles. The fourth-order valence-electron chi connectivity index (χ4n) is 6.74. The Morgan fingerprint density at radius 3 is 1.11 bits per heavy atom. The van der Waals surface area contributed by atoms with E-state index in [-0.39, 0.29) is 25.2 Å². The second kappa shape index (κ2) is 55.4. The number of hydrogen-bond donors (Lipinski definition) is 0. The largest absolute Gasteiger partial charge is 0.462 e. The van der Waals surface area contributed by atoms with E-state index in [2.05, 4.69) is 154 Å². The molecule has 0 saturated carbocycles. The maximum Gasteiger partial charge on any atom is 0.306 e. The van der Waals surface area contributed by atoms with Crippen molar-refractivity contribution in [2.24, 2.45) is 0 Å². The van der Waals surface area contributed by atoms with E-state index < -0.39 is 6.10 Å². The first-order valence-electron chi connectivity index (χ1n) is 26.7. The number of esters is 2. The van der Waals surface area contributed by atoms with Crippen LogP contribution >= 0.6 is 0 Å². The SMILES string of the molecule is CC/C=C\C/C=C\C/C=C\C/C=C\C/C=C\CCCCCC(=O)OCC(COCCCCCCCC/C=C\C/C=C\CCC)OC(=O)CCCCCC/C=C\C/C=C\C/C=C\C/C=C\CC. The monoisotopic (exact) mass is 911 g/mol. The molecule has 0 fully saturated rings. The zero-order chi connectivity index (χ0) is 47.7. The summed E-state index contributed by atoms with van der Waals surface area (Å²) in [6.45, 7) is 7.44. The van der Waals surface area contributed by atoms with Crippen LogP contribution < -0.4 is 0 Å². The molecule has 0 aliphatic rings. The molecule has 0 heterocycles. The molecule has 5 nitrogen and oxygen atoms in total. The maximum absolute atomic E-state index is 12.8. The van der Waals surface area contributed by atoms with Crippen LogP contribution in [-0.2, 0) is 23.8 Å². The van der Waals surface area contributed by atoms with Crippen LogP contribution in [0, 0.1) is 0 Å². The summed E-state index contributed by atoms with van der Waals surface area (Å²) in [5.41, 5.74) is 0. The van der Waals surface area contributed by atoms with E-state index in [4.69, 9.17) is 14.2 Å². The summed E-state index contributed by atoms with van der Waals surface area (Å²) < 4.78 is 17.4. The van der Waals surface area contributed by atoms with E-state index in [1.165, 1.54) is 38.5 Å². The van der Waals surface area contributed by atoms with Crippen LogP contribution in [0.4, 0.5) is 0 Å². The second-order valence-electron chi connectivity index (χ2n) is 17.0. The van der Waals surface area contributed by atoms with Gasteiger partial charge in [0.25, 0.3) is 0 Å². The van der Waals surface area contributed by atoms with Gasteiger partial charge in [0.15, 0.2) is 6.10 Å². The van der Waals surface area contributed by atoms with Crippen molar-refractivity contribution in [3.63, 3.8) is 0 Å². The van der Waals surface area contributed by atoms with Gasteiger partial charge in [-0.1, -0.05) is 206 Å². The second-order valence-corrected chi connectivity index (χ2v) is 17.0. The van der Waals surface area contributed by atoms with Crippen molar-refractivity contribution in [3.05, 3.63) is 134 Å². The van der Waals surface area contributed by atoms with Gasteiger partial charge in [-0.15, -0.1) is 0 Å². The Labute approximate surface area is 407 Å². The Kier molecular flexibility index (Phi) is 52.0. The summed E-state index contributed by atoms with van der Waals surface area (Å²) >= 11 is 0. The smallest absolute Gasteiger partial charge is 0.306 e. The van der Waals surface area contributed by atoms with E-state index in [9.17, 15) is 9.59 Å². The number of unbranched alkanes of at least 4 members (excludes halogenated alkanes) is 14. The summed E-state index contributed by atoms with van der Waals surface area (Å²) in [6.07, 6.45) is 78.9. The van der Waals surface area contributed by atoms with Crippen LogP contribution in [0.3, 0.4) is 0 Å². The molecular weight excluding hydrogens is 813 g/mol. The number of allylic oxidation sites excluding steroid dienone is 22. The van der Waals surface area contributed by atoms with Crippen LogP contribution in [0.5, 0.6) is 0 Å². The highest BCUT2D eigenvalue weighted by atomic mass is 16.6. The lowest BCUT2D eigenvalue weighted by molar-refractivity contribution is -0.163. The number of carbonyl (C=O) groups excluding carboxylic acids is 2. The number of rotatable bonds is 47. The van der Waals surface area contributed by atoms with Crippen LogP contribution in [0.25, 0.3) is 0 Å². The normalized spacial score (nSPS) is 13.3. The zero-order valence-corrected chi connectivity index (χ0v) is 42.7. The first-order valence-corrected chi connectivity index (χ1v) is 26.7. The standard InChI is InChI=1S/C61H98O5/c1-4-7-10-13-16-19-22-25-28-30-31-33-34-36-39-42-45-48-51-54-60(62)65-58-59(57-64-56-53-50-47-44-41-38-27-24-21-18-15-12-9-6-3)66-61(63)55-52-49-46-43-40-37-35-32-29-26-23-20-17-14-11-8-5-2/h7-8,10-12,15-17,19-21,24-26,28-29,31,33,35-37,39,59H,4-6,9,13-14,18,22-23,27,30,32,34,38,40-58H2,1-3H3/b10-7-,11-8-,15-12-,19-16-,20-17-,24-21-,28-25-,29-26-,33-31-,37-35-,39-36-. The fourth-order valence-corrected chi connectivity index (χ4v) is 6.74. The van der Waals surface area contributed by atoms with Crippen LogP contribution in [0.15, 0.2) is 134 Å². The highest BCUT2D eigenvalue weighted by Crippen LogP contribution is 2.12. The van der Waals surface area contributed by atoms with E-state index in [1.807, 2.05) is 0 Å². The molecule has 0 spiro atoms. The van der Waals surface area contributed by atoms with E-state index in [0.717, 1.165) is 141 Å². The molecule has 66 heavy (non-hydrogen) atoms. The summed E-state index contributed by atoms with van der Waals surface area (Å²) in [7, 11) is 0. The molecule has 1 unspecified atom stereocenters. The van der Waals surface area contributed by atoms with Crippen molar-refractivity contribution in [1.82, 2.24) is 0 Å². The summed E-state index contributed by atoms with van der Waals surface area (Å²) in [5, 5.41) is 0. The van der Waals surface area contributed by atoms with Crippen LogP contribution in [0.1, 0.15) is 213 Å². The van der Waals surface area contributed by atoms with Gasteiger partial charge in [-0.2, -0.15) is 0 Å². The first-order chi connectivity index (χ1) is 32.6. The topological polar surface area (TPSA) is 61.8 Å². The van der Waals surface area contributed by atoms with Gasteiger partial charge in [-0.3, -0.25) is 9.59 Å². The molecule has 0 N–H and O–H groups in total.